The number of rotatable bonds is 2. The van der Waals surface area contributed by atoms with Crippen molar-refractivity contribution in [1.29, 1.82) is 0 Å². The van der Waals surface area contributed by atoms with Crippen LogP contribution in [0.4, 0.5) is 0 Å². The maximum Gasteiger partial charge on any atom is 0.178 e. The molecule has 0 saturated carbocycles. The topological polar surface area (TPSA) is 17.1 Å². The van der Waals surface area contributed by atoms with Crippen LogP contribution in [-0.4, -0.2) is 10.1 Å². The van der Waals surface area contributed by atoms with E-state index in [1.54, 1.807) is 0 Å². The second-order valence-corrected chi connectivity index (χ2v) is 6.54. The average molecular weight is 383 g/mol. The van der Waals surface area contributed by atoms with E-state index in [0.29, 0.717) is 0 Å². The highest BCUT2D eigenvalue weighted by Gasteiger charge is 2.24. The van der Waals surface area contributed by atoms with Gasteiger partial charge in [0.05, 0.1) is 4.32 Å². The first kappa shape index (κ1) is 15.1. The van der Waals surface area contributed by atoms with E-state index in [0.717, 1.165) is 9.13 Å². The van der Waals surface area contributed by atoms with Gasteiger partial charge in [-0.25, -0.2) is 0 Å². The minimum atomic E-state index is -0.475. The molecule has 0 amide bonds. The van der Waals surface area contributed by atoms with Crippen molar-refractivity contribution in [2.45, 2.75) is 32.0 Å². The van der Waals surface area contributed by atoms with Gasteiger partial charge < -0.3 is 0 Å². The first-order valence-electron chi connectivity index (χ1n) is 4.90. The van der Waals surface area contributed by atoms with Gasteiger partial charge in [-0.2, -0.15) is 0 Å². The smallest absolute Gasteiger partial charge is 0.178 e. The van der Waals surface area contributed by atoms with Crippen LogP contribution in [0, 0.1) is 3.57 Å². The highest BCUT2D eigenvalue weighted by molar-refractivity contribution is 14.1. The van der Waals surface area contributed by atoms with E-state index < -0.39 is 4.32 Å². The summed E-state index contributed by atoms with van der Waals surface area (Å²) < 4.78 is 0.609. The largest absolute Gasteiger partial charge is 0.293 e. The predicted molar refractivity (Wildman–Crippen MR) is 77.8 cm³/mol. The quantitative estimate of drug-likeness (QED) is 0.412. The van der Waals surface area contributed by atoms with Crippen LogP contribution in [0.2, 0.25) is 0 Å². The van der Waals surface area contributed by atoms with Gasteiger partial charge in [-0.05, 0) is 48.6 Å². The summed E-state index contributed by atoms with van der Waals surface area (Å²) in [5.41, 5.74) is 0.758. The Morgan fingerprint density at radius 1 is 1.33 bits per heavy atom. The average Bonchev–Trinajstić information content (AvgIpc) is 2.18. The van der Waals surface area contributed by atoms with E-state index in [-0.39, 0.29) is 5.78 Å². The highest BCUT2D eigenvalue weighted by atomic mass is 127. The molecule has 0 bridgehead atoms. The molecule has 15 heavy (non-hydrogen) atoms. The number of carbonyl (C=O) groups excluding carboxylic acids is 1. The molecule has 84 valence electrons. The molecule has 0 aliphatic rings. The zero-order chi connectivity index (χ0) is 12.1. The Morgan fingerprint density at radius 2 is 1.87 bits per heavy atom. The SMILES string of the molecule is CC.CC(C)(Br)C(=O)c1cccc(I)c1. The minimum absolute atomic E-state index is 0.117. The van der Waals surface area contributed by atoms with Gasteiger partial charge in [-0.3, -0.25) is 4.79 Å². The third kappa shape index (κ3) is 5.11. The van der Waals surface area contributed by atoms with E-state index in [4.69, 9.17) is 0 Å². The third-order valence-electron chi connectivity index (χ3n) is 1.63. The molecule has 3 heteroatoms. The fraction of sp³-hybridized carbons (Fsp3) is 0.417. The van der Waals surface area contributed by atoms with Gasteiger partial charge in [0.15, 0.2) is 5.78 Å². The zero-order valence-electron chi connectivity index (χ0n) is 9.47. The molecule has 0 unspecified atom stereocenters. The fourth-order valence-electron chi connectivity index (χ4n) is 0.973. The molecule has 0 aliphatic carbocycles. The van der Waals surface area contributed by atoms with Crippen molar-refractivity contribution < 1.29 is 4.79 Å². The molecule has 0 radical (unpaired) electrons. The van der Waals surface area contributed by atoms with Gasteiger partial charge in [0.25, 0.3) is 0 Å². The van der Waals surface area contributed by atoms with Crippen molar-refractivity contribution in [3.05, 3.63) is 33.4 Å². The molecule has 0 heterocycles. The molecule has 0 aromatic heterocycles. The lowest BCUT2D eigenvalue weighted by molar-refractivity contribution is 0.0961. The first-order valence-corrected chi connectivity index (χ1v) is 6.78. The summed E-state index contributed by atoms with van der Waals surface area (Å²) in [6, 6.07) is 7.60. The Bertz CT molecular complexity index is 329. The molecule has 0 spiro atoms. The summed E-state index contributed by atoms with van der Waals surface area (Å²) >= 11 is 5.55. The molecule has 1 aromatic carbocycles. The number of alkyl halides is 1. The standard InChI is InChI=1S/C10H10BrIO.C2H6/c1-10(2,11)9(13)7-4-3-5-8(12)6-7;1-2/h3-6H,1-2H3;1-2H3. The van der Waals surface area contributed by atoms with Crippen molar-refractivity contribution in [3.63, 3.8) is 0 Å². The summed E-state index contributed by atoms with van der Waals surface area (Å²) in [7, 11) is 0. The van der Waals surface area contributed by atoms with Crippen LogP contribution >= 0.6 is 38.5 Å². The Labute approximate surface area is 114 Å². The lowest BCUT2D eigenvalue weighted by Crippen LogP contribution is -2.23. The van der Waals surface area contributed by atoms with Gasteiger partial charge in [0.2, 0.25) is 0 Å². The fourth-order valence-corrected chi connectivity index (χ4v) is 1.74. The molecule has 0 fully saturated rings. The van der Waals surface area contributed by atoms with E-state index in [1.165, 1.54) is 0 Å². The molecule has 0 N–H and O–H groups in total. The van der Waals surface area contributed by atoms with Crippen LogP contribution < -0.4 is 0 Å². The zero-order valence-corrected chi connectivity index (χ0v) is 13.2. The van der Waals surface area contributed by atoms with E-state index in [9.17, 15) is 4.79 Å². The van der Waals surface area contributed by atoms with Crippen LogP contribution in [0.1, 0.15) is 38.1 Å². The van der Waals surface area contributed by atoms with Crippen molar-refractivity contribution in [3.8, 4) is 0 Å². The lowest BCUT2D eigenvalue weighted by Gasteiger charge is -2.14. The Kier molecular flexibility index (Phi) is 6.68. The Balaban J connectivity index is 0.000000921. The third-order valence-corrected chi connectivity index (χ3v) is 2.66. The number of hydrogen-bond acceptors (Lipinski definition) is 1. The molecule has 1 rings (SSSR count). The Morgan fingerprint density at radius 3 is 2.27 bits per heavy atom. The summed E-state index contributed by atoms with van der Waals surface area (Å²) in [6.07, 6.45) is 0. The maximum absolute atomic E-state index is 11.8. The molecule has 1 nitrogen and oxygen atoms in total. The highest BCUT2D eigenvalue weighted by Crippen LogP contribution is 2.22. The van der Waals surface area contributed by atoms with E-state index in [1.807, 2.05) is 52.0 Å². The molecular formula is C12H16BrIO. The maximum atomic E-state index is 11.8. The van der Waals surface area contributed by atoms with Crippen LogP contribution in [0.25, 0.3) is 0 Å². The molecule has 0 atom stereocenters. The van der Waals surface area contributed by atoms with Gasteiger partial charge in [0.1, 0.15) is 0 Å². The monoisotopic (exact) mass is 382 g/mol. The van der Waals surface area contributed by atoms with Crippen LogP contribution in [-0.2, 0) is 0 Å². The lowest BCUT2D eigenvalue weighted by atomic mass is 10.0. The molecule has 1 aromatic rings. The molecular weight excluding hydrogens is 367 g/mol. The second kappa shape index (κ2) is 6.63. The predicted octanol–water partition coefficient (Wildman–Crippen LogP) is 4.67. The second-order valence-electron chi connectivity index (χ2n) is 3.31. The Hall–Kier alpha value is 0.100. The van der Waals surface area contributed by atoms with Gasteiger partial charge in [-0.1, -0.05) is 41.9 Å². The first-order chi connectivity index (χ1) is 6.91. The number of ketones is 1. The van der Waals surface area contributed by atoms with Gasteiger partial charge in [-0.15, -0.1) is 0 Å². The van der Waals surface area contributed by atoms with Crippen molar-refractivity contribution in [2.75, 3.05) is 0 Å². The van der Waals surface area contributed by atoms with Crippen LogP contribution in [0.5, 0.6) is 0 Å². The van der Waals surface area contributed by atoms with Crippen molar-refractivity contribution in [2.24, 2.45) is 0 Å². The van der Waals surface area contributed by atoms with Gasteiger partial charge >= 0.3 is 0 Å². The van der Waals surface area contributed by atoms with E-state index >= 15 is 0 Å². The van der Waals surface area contributed by atoms with Gasteiger partial charge in [0, 0.05) is 9.13 Å². The van der Waals surface area contributed by atoms with Crippen molar-refractivity contribution >= 4 is 44.3 Å². The summed E-state index contributed by atoms with van der Waals surface area (Å²) in [5.74, 6) is 0.117. The summed E-state index contributed by atoms with van der Waals surface area (Å²) in [6.45, 7) is 7.71. The summed E-state index contributed by atoms with van der Waals surface area (Å²) in [5, 5.41) is 0. The number of halogens is 2. The molecule has 0 aliphatic heterocycles. The van der Waals surface area contributed by atoms with Crippen LogP contribution in [0.15, 0.2) is 24.3 Å². The number of hydrogen-bond donors (Lipinski definition) is 0. The molecule has 0 saturated heterocycles. The minimum Gasteiger partial charge on any atom is -0.293 e. The number of benzene rings is 1. The van der Waals surface area contributed by atoms with E-state index in [2.05, 4.69) is 38.5 Å². The van der Waals surface area contributed by atoms with Crippen LogP contribution in [0.3, 0.4) is 0 Å². The summed E-state index contributed by atoms with van der Waals surface area (Å²) in [4.78, 5) is 11.8. The normalized spacial score (nSPS) is 10.3. The van der Waals surface area contributed by atoms with Crippen molar-refractivity contribution in [1.82, 2.24) is 0 Å². The number of Topliss-reactive ketones (excluding diaryl/α,β-unsaturated/α-hetero) is 1. The number of carbonyl (C=O) groups is 1.